The van der Waals surface area contributed by atoms with Crippen molar-refractivity contribution in [1.29, 1.82) is 0 Å². The van der Waals surface area contributed by atoms with Gasteiger partial charge in [0.05, 0.1) is 12.5 Å². The van der Waals surface area contributed by atoms with E-state index in [9.17, 15) is 39.3 Å². The molecule has 4 aliphatic carbocycles. The number of likely N-dealkylation sites (tertiary alicyclic amines) is 1. The van der Waals surface area contributed by atoms with Crippen molar-refractivity contribution in [1.82, 2.24) is 4.90 Å². The zero-order valence-corrected chi connectivity index (χ0v) is 23.4. The Hall–Kier alpha value is -2.59. The summed E-state index contributed by atoms with van der Waals surface area (Å²) in [5.41, 5.74) is -1.78. The van der Waals surface area contributed by atoms with Crippen molar-refractivity contribution in [2.24, 2.45) is 28.6 Å². The maximum absolute atomic E-state index is 13.4. The Kier molecular flexibility index (Phi) is 7.48. The van der Waals surface area contributed by atoms with E-state index in [0.717, 1.165) is 18.4 Å². The van der Waals surface area contributed by atoms with Crippen molar-refractivity contribution in [3.05, 3.63) is 11.6 Å². The molecule has 0 aromatic carbocycles. The topological polar surface area (TPSA) is 159 Å². The first-order valence-electron chi connectivity index (χ1n) is 14.7. The number of allylic oxidation sites excluding steroid dienone is 1. The zero-order chi connectivity index (χ0) is 29.0. The van der Waals surface area contributed by atoms with Gasteiger partial charge in [0.25, 0.3) is 0 Å². The lowest BCUT2D eigenvalue weighted by Crippen LogP contribution is -2.62. The summed E-state index contributed by atoms with van der Waals surface area (Å²) in [5, 5.41) is 32.5. The maximum atomic E-state index is 13.4. The van der Waals surface area contributed by atoms with Crippen molar-refractivity contribution < 1.29 is 44.0 Å². The van der Waals surface area contributed by atoms with Crippen molar-refractivity contribution in [2.45, 2.75) is 102 Å². The number of esters is 1. The quantitative estimate of drug-likeness (QED) is 0.398. The molecule has 5 aliphatic rings. The molecular formula is C30H41NO9. The molecule has 1 heterocycles. The van der Waals surface area contributed by atoms with Crippen LogP contribution >= 0.6 is 0 Å². The molecule has 0 spiro atoms. The Labute approximate surface area is 234 Å². The van der Waals surface area contributed by atoms with Crippen LogP contribution in [0.1, 0.15) is 84.5 Å². The molecule has 0 aromatic heterocycles. The highest BCUT2D eigenvalue weighted by Gasteiger charge is 2.68. The third kappa shape index (κ3) is 4.51. The summed E-state index contributed by atoms with van der Waals surface area (Å²) in [4.78, 5) is 62.9. The number of aliphatic carboxylic acids is 1. The zero-order valence-electron chi connectivity index (χ0n) is 23.4. The number of fused-ring (bicyclic) bond motifs is 5. The molecule has 1 saturated heterocycles. The van der Waals surface area contributed by atoms with Crippen LogP contribution in [0.2, 0.25) is 0 Å². The van der Waals surface area contributed by atoms with Crippen LogP contribution < -0.4 is 0 Å². The first kappa shape index (κ1) is 28.9. The number of hydrogen-bond donors (Lipinski definition) is 3. The van der Waals surface area contributed by atoms with E-state index in [1.54, 1.807) is 6.08 Å². The lowest BCUT2D eigenvalue weighted by molar-refractivity contribution is -0.184. The van der Waals surface area contributed by atoms with E-state index in [4.69, 9.17) is 4.74 Å². The SMILES string of the molecule is CC12CCC(=O)C=C1CCC1C2C(O)CC2(C)C1CCC2(O)C(=O)COC(=O)CCC(=O)N1CCCC1C(=O)O. The van der Waals surface area contributed by atoms with Crippen LogP contribution in [0.5, 0.6) is 0 Å². The first-order valence-corrected chi connectivity index (χ1v) is 14.7. The summed E-state index contributed by atoms with van der Waals surface area (Å²) in [6.45, 7) is 3.73. The maximum Gasteiger partial charge on any atom is 0.326 e. The molecule has 1 aliphatic heterocycles. The number of ether oxygens (including phenoxy) is 1. The molecular weight excluding hydrogens is 518 g/mol. The molecule has 4 fully saturated rings. The highest BCUT2D eigenvalue weighted by atomic mass is 16.5. The second-order valence-electron chi connectivity index (χ2n) is 13.1. The highest BCUT2D eigenvalue weighted by Crippen LogP contribution is 2.67. The van der Waals surface area contributed by atoms with Gasteiger partial charge in [-0.2, -0.15) is 0 Å². The number of amides is 1. The molecule has 40 heavy (non-hydrogen) atoms. The molecule has 8 unspecified atom stereocenters. The van der Waals surface area contributed by atoms with E-state index in [1.807, 2.05) is 6.92 Å². The summed E-state index contributed by atoms with van der Waals surface area (Å²) in [5.74, 6) is -2.64. The number of hydrogen-bond acceptors (Lipinski definition) is 8. The van der Waals surface area contributed by atoms with Gasteiger partial charge in [0.1, 0.15) is 11.6 Å². The number of ketones is 2. The van der Waals surface area contributed by atoms with E-state index in [0.29, 0.717) is 38.6 Å². The minimum Gasteiger partial charge on any atom is -0.480 e. The van der Waals surface area contributed by atoms with Gasteiger partial charge in [0, 0.05) is 24.8 Å². The van der Waals surface area contributed by atoms with Crippen LogP contribution in [0.25, 0.3) is 0 Å². The van der Waals surface area contributed by atoms with Gasteiger partial charge in [-0.3, -0.25) is 19.2 Å². The number of carbonyl (C=O) groups is 5. The predicted molar refractivity (Wildman–Crippen MR) is 141 cm³/mol. The molecule has 0 radical (unpaired) electrons. The Morgan fingerprint density at radius 3 is 2.55 bits per heavy atom. The number of aliphatic hydroxyl groups excluding tert-OH is 1. The average Bonchev–Trinajstić information content (AvgIpc) is 3.50. The minimum atomic E-state index is -1.75. The molecule has 1 amide bonds. The van der Waals surface area contributed by atoms with Gasteiger partial charge < -0.3 is 25.0 Å². The second-order valence-corrected chi connectivity index (χ2v) is 13.1. The van der Waals surface area contributed by atoms with Gasteiger partial charge >= 0.3 is 11.9 Å². The number of Topliss-reactive ketones (excluding diaryl/α,β-unsaturated/α-hetero) is 1. The van der Waals surface area contributed by atoms with Crippen LogP contribution in [-0.2, 0) is 28.7 Å². The normalized spacial score (nSPS) is 40.5. The summed E-state index contributed by atoms with van der Waals surface area (Å²) in [6.07, 6.45) is 5.35. The number of carboxylic acid groups (broad SMARTS) is 1. The van der Waals surface area contributed by atoms with Crippen molar-refractivity contribution >= 4 is 29.4 Å². The lowest BCUT2D eigenvalue weighted by atomic mass is 9.45. The molecule has 8 atom stereocenters. The summed E-state index contributed by atoms with van der Waals surface area (Å²) >= 11 is 0. The summed E-state index contributed by atoms with van der Waals surface area (Å²) in [6, 6.07) is -0.879. The Morgan fingerprint density at radius 1 is 1.07 bits per heavy atom. The largest absolute Gasteiger partial charge is 0.480 e. The van der Waals surface area contributed by atoms with Crippen molar-refractivity contribution in [3.63, 3.8) is 0 Å². The van der Waals surface area contributed by atoms with Crippen LogP contribution in [0, 0.1) is 28.6 Å². The lowest BCUT2D eigenvalue weighted by Gasteiger charge is -2.60. The van der Waals surface area contributed by atoms with Gasteiger partial charge in [-0.25, -0.2) is 4.79 Å². The van der Waals surface area contributed by atoms with E-state index in [-0.39, 0.29) is 54.6 Å². The van der Waals surface area contributed by atoms with Crippen molar-refractivity contribution in [2.75, 3.05) is 13.2 Å². The van der Waals surface area contributed by atoms with E-state index >= 15 is 0 Å². The van der Waals surface area contributed by atoms with Crippen LogP contribution in [0.3, 0.4) is 0 Å². The van der Waals surface area contributed by atoms with Gasteiger partial charge in [0.2, 0.25) is 11.7 Å². The number of carbonyl (C=O) groups excluding carboxylic acids is 4. The first-order chi connectivity index (χ1) is 18.8. The van der Waals surface area contributed by atoms with Gasteiger partial charge in [-0.1, -0.05) is 19.4 Å². The Morgan fingerprint density at radius 2 is 1.82 bits per heavy atom. The fourth-order valence-corrected chi connectivity index (χ4v) is 9.16. The third-order valence-electron chi connectivity index (χ3n) is 11.3. The number of nitrogens with zero attached hydrogens (tertiary/aromatic N) is 1. The molecule has 10 heteroatoms. The monoisotopic (exact) mass is 559 g/mol. The summed E-state index contributed by atoms with van der Waals surface area (Å²) in [7, 11) is 0. The number of rotatable bonds is 7. The highest BCUT2D eigenvalue weighted by molar-refractivity contribution is 5.92. The van der Waals surface area contributed by atoms with E-state index in [1.165, 1.54) is 4.90 Å². The predicted octanol–water partition coefficient (Wildman–Crippen LogP) is 2.19. The van der Waals surface area contributed by atoms with E-state index in [2.05, 4.69) is 6.92 Å². The molecule has 0 aromatic rings. The smallest absolute Gasteiger partial charge is 0.326 e. The Bertz CT molecular complexity index is 1150. The van der Waals surface area contributed by atoms with Crippen LogP contribution in [0.4, 0.5) is 0 Å². The second kappa shape index (κ2) is 10.4. The molecule has 5 rings (SSSR count). The number of carboxylic acids is 1. The fraction of sp³-hybridized carbons (Fsp3) is 0.767. The Balaban J connectivity index is 1.21. The van der Waals surface area contributed by atoms with Gasteiger partial charge in [-0.05, 0) is 80.6 Å². The average molecular weight is 560 g/mol. The van der Waals surface area contributed by atoms with Gasteiger partial charge in [-0.15, -0.1) is 0 Å². The van der Waals surface area contributed by atoms with Gasteiger partial charge in [0.15, 0.2) is 12.4 Å². The number of aliphatic hydroxyl groups is 2. The van der Waals surface area contributed by atoms with Crippen LogP contribution in [0.15, 0.2) is 11.6 Å². The van der Waals surface area contributed by atoms with Crippen molar-refractivity contribution in [3.8, 4) is 0 Å². The standard InChI is InChI=1S/C30H41NO9/c1-28-11-9-18(32)14-17(28)5-6-19-20-10-12-30(39,29(20,2)15-22(33)26(19)28)23(34)16-40-25(36)8-7-24(35)31-13-3-4-21(31)27(37)38/h14,19-22,26,33,39H,3-13,15-16H2,1-2H3,(H,37,38). The minimum absolute atomic E-state index is 0.0156. The molecule has 0 bridgehead atoms. The molecule has 3 saturated carbocycles. The molecule has 10 nitrogen and oxygen atoms in total. The molecule has 220 valence electrons. The fourth-order valence-electron chi connectivity index (χ4n) is 9.16. The third-order valence-corrected chi connectivity index (χ3v) is 11.3. The van der Waals surface area contributed by atoms with Crippen LogP contribution in [-0.4, -0.2) is 80.5 Å². The summed E-state index contributed by atoms with van der Waals surface area (Å²) < 4.78 is 5.19. The van der Waals surface area contributed by atoms with E-state index < -0.39 is 53.4 Å². The molecule has 3 N–H and O–H groups in total.